The highest BCUT2D eigenvalue weighted by Gasteiger charge is 2.07. The van der Waals surface area contributed by atoms with E-state index >= 15 is 0 Å². The third-order valence-electron chi connectivity index (χ3n) is 3.66. The Morgan fingerprint density at radius 3 is 2.54 bits per heavy atom. The van der Waals surface area contributed by atoms with E-state index in [9.17, 15) is 13.6 Å². The lowest BCUT2D eigenvalue weighted by molar-refractivity contribution is 0.0955. The van der Waals surface area contributed by atoms with E-state index in [4.69, 9.17) is 0 Å². The number of aliphatic imine (C=N–C) groups is 1. The van der Waals surface area contributed by atoms with Gasteiger partial charge in [0.15, 0.2) is 5.96 Å². The van der Waals surface area contributed by atoms with Crippen LogP contribution in [-0.2, 0) is 13.1 Å². The van der Waals surface area contributed by atoms with Crippen LogP contribution in [0.25, 0.3) is 0 Å². The molecular weight excluding hydrogens is 338 g/mol. The molecule has 2 aromatic carbocycles. The fourth-order valence-electron chi connectivity index (χ4n) is 2.35. The molecule has 0 spiro atoms. The van der Waals surface area contributed by atoms with Crippen LogP contribution >= 0.6 is 0 Å². The molecule has 0 bridgehead atoms. The first kappa shape index (κ1) is 19.4. The van der Waals surface area contributed by atoms with Gasteiger partial charge in [-0.1, -0.05) is 12.1 Å². The van der Waals surface area contributed by atoms with Crippen LogP contribution in [0.5, 0.6) is 0 Å². The Morgan fingerprint density at radius 2 is 1.81 bits per heavy atom. The summed E-state index contributed by atoms with van der Waals surface area (Å²) in [5.74, 6) is -0.659. The molecule has 138 valence electrons. The standard InChI is InChI=1S/C19H22F2N4O/c1-3-23-18(26)14-6-4-5-13(9-14)11-24-19(22-2)25-12-15-10-16(20)7-8-17(15)21/h4-10H,3,11-12H2,1-2H3,(H,23,26)(H2,22,24,25). The molecule has 2 rings (SSSR count). The lowest BCUT2D eigenvalue weighted by atomic mass is 10.1. The van der Waals surface area contributed by atoms with Crippen molar-refractivity contribution in [3.63, 3.8) is 0 Å². The molecule has 2 aromatic rings. The zero-order valence-electron chi connectivity index (χ0n) is 14.8. The molecule has 0 aliphatic rings. The molecule has 0 heterocycles. The van der Waals surface area contributed by atoms with Crippen molar-refractivity contribution >= 4 is 11.9 Å². The molecule has 1 amide bonds. The minimum absolute atomic E-state index is 0.0994. The van der Waals surface area contributed by atoms with Gasteiger partial charge in [0.05, 0.1) is 0 Å². The number of amides is 1. The second-order valence-electron chi connectivity index (χ2n) is 5.57. The number of carbonyl (C=O) groups is 1. The quantitative estimate of drug-likeness (QED) is 0.548. The second kappa shape index (κ2) is 9.50. The highest BCUT2D eigenvalue weighted by atomic mass is 19.1. The molecule has 0 aliphatic carbocycles. The van der Waals surface area contributed by atoms with Gasteiger partial charge in [-0.15, -0.1) is 0 Å². The summed E-state index contributed by atoms with van der Waals surface area (Å²) in [5.41, 5.74) is 1.69. The van der Waals surface area contributed by atoms with Crippen LogP contribution in [0.15, 0.2) is 47.5 Å². The molecule has 26 heavy (non-hydrogen) atoms. The third-order valence-corrected chi connectivity index (χ3v) is 3.66. The number of halogens is 2. The molecule has 7 heteroatoms. The van der Waals surface area contributed by atoms with Crippen LogP contribution in [-0.4, -0.2) is 25.5 Å². The maximum atomic E-state index is 13.7. The molecule has 0 unspecified atom stereocenters. The molecular formula is C19H22F2N4O. The molecule has 0 aromatic heterocycles. The molecule has 0 saturated heterocycles. The summed E-state index contributed by atoms with van der Waals surface area (Å²) in [6.07, 6.45) is 0. The average Bonchev–Trinajstić information content (AvgIpc) is 2.65. The normalized spacial score (nSPS) is 11.2. The van der Waals surface area contributed by atoms with Gasteiger partial charge in [-0.05, 0) is 42.8 Å². The maximum Gasteiger partial charge on any atom is 0.251 e. The van der Waals surface area contributed by atoms with Crippen LogP contribution in [0.3, 0.4) is 0 Å². The van der Waals surface area contributed by atoms with Crippen LogP contribution in [0.2, 0.25) is 0 Å². The lowest BCUT2D eigenvalue weighted by Gasteiger charge is -2.13. The Kier molecular flexibility index (Phi) is 7.08. The SMILES string of the molecule is CCNC(=O)c1cccc(CNC(=NC)NCc2cc(F)ccc2F)c1. The average molecular weight is 360 g/mol. The van der Waals surface area contributed by atoms with Gasteiger partial charge in [-0.2, -0.15) is 0 Å². The number of hydrogen-bond acceptors (Lipinski definition) is 2. The maximum absolute atomic E-state index is 13.7. The highest BCUT2D eigenvalue weighted by Crippen LogP contribution is 2.09. The predicted octanol–water partition coefficient (Wildman–Crippen LogP) is 2.58. The number of carbonyl (C=O) groups excluding carboxylic acids is 1. The minimum Gasteiger partial charge on any atom is -0.352 e. The van der Waals surface area contributed by atoms with Gasteiger partial charge in [-0.25, -0.2) is 8.78 Å². The van der Waals surface area contributed by atoms with E-state index in [0.717, 1.165) is 23.8 Å². The van der Waals surface area contributed by atoms with Crippen molar-refractivity contribution in [3.05, 3.63) is 70.8 Å². The number of nitrogens with zero attached hydrogens (tertiary/aromatic N) is 1. The Labute approximate surface area is 151 Å². The summed E-state index contributed by atoms with van der Waals surface area (Å²) < 4.78 is 26.9. The molecule has 5 nitrogen and oxygen atoms in total. The second-order valence-corrected chi connectivity index (χ2v) is 5.57. The van der Waals surface area contributed by atoms with Crippen LogP contribution in [0.4, 0.5) is 8.78 Å². The largest absolute Gasteiger partial charge is 0.352 e. The van der Waals surface area contributed by atoms with E-state index in [1.54, 1.807) is 25.2 Å². The van der Waals surface area contributed by atoms with Crippen molar-refractivity contribution in [2.45, 2.75) is 20.0 Å². The van der Waals surface area contributed by atoms with Gasteiger partial charge >= 0.3 is 0 Å². The summed E-state index contributed by atoms with van der Waals surface area (Å²) in [7, 11) is 1.59. The van der Waals surface area contributed by atoms with E-state index in [2.05, 4.69) is 20.9 Å². The Hall–Kier alpha value is -2.96. The van der Waals surface area contributed by atoms with Crippen molar-refractivity contribution in [1.82, 2.24) is 16.0 Å². The Morgan fingerprint density at radius 1 is 1.04 bits per heavy atom. The fraction of sp³-hybridized carbons (Fsp3) is 0.263. The number of nitrogens with one attached hydrogen (secondary N) is 3. The van der Waals surface area contributed by atoms with Crippen molar-refractivity contribution in [1.29, 1.82) is 0 Å². The first-order valence-corrected chi connectivity index (χ1v) is 8.29. The predicted molar refractivity (Wildman–Crippen MR) is 97.8 cm³/mol. The van der Waals surface area contributed by atoms with Crippen molar-refractivity contribution < 1.29 is 13.6 Å². The first-order chi connectivity index (χ1) is 12.5. The first-order valence-electron chi connectivity index (χ1n) is 8.29. The van der Waals surface area contributed by atoms with Gasteiger partial charge in [-0.3, -0.25) is 9.79 Å². The van der Waals surface area contributed by atoms with Crippen molar-refractivity contribution in [2.24, 2.45) is 4.99 Å². The zero-order chi connectivity index (χ0) is 18.9. The molecule has 3 N–H and O–H groups in total. The minimum atomic E-state index is -0.492. The topological polar surface area (TPSA) is 65.5 Å². The molecule has 0 aliphatic heterocycles. The molecule has 0 saturated carbocycles. The van der Waals surface area contributed by atoms with Crippen LogP contribution in [0.1, 0.15) is 28.4 Å². The van der Waals surface area contributed by atoms with Gasteiger partial charge in [0.1, 0.15) is 11.6 Å². The van der Waals surface area contributed by atoms with Crippen LogP contribution in [0, 0.1) is 11.6 Å². The number of benzene rings is 2. The summed E-state index contributed by atoms with van der Waals surface area (Å²) in [6.45, 7) is 2.95. The van der Waals surface area contributed by atoms with E-state index in [1.165, 1.54) is 0 Å². The molecule has 0 fully saturated rings. The Bertz CT molecular complexity index is 793. The van der Waals surface area contributed by atoms with E-state index in [1.807, 2.05) is 13.0 Å². The van der Waals surface area contributed by atoms with Gasteiger partial charge in [0.2, 0.25) is 0 Å². The summed E-state index contributed by atoms with van der Waals surface area (Å²) >= 11 is 0. The van der Waals surface area contributed by atoms with Crippen molar-refractivity contribution in [3.8, 4) is 0 Å². The fourth-order valence-corrected chi connectivity index (χ4v) is 2.35. The van der Waals surface area contributed by atoms with E-state index in [0.29, 0.717) is 24.6 Å². The van der Waals surface area contributed by atoms with Crippen LogP contribution < -0.4 is 16.0 Å². The van der Waals surface area contributed by atoms with Gasteiger partial charge in [0, 0.05) is 37.8 Å². The van der Waals surface area contributed by atoms with E-state index < -0.39 is 11.6 Å². The summed E-state index contributed by atoms with van der Waals surface area (Å²) in [4.78, 5) is 15.9. The smallest absolute Gasteiger partial charge is 0.251 e. The monoisotopic (exact) mass is 360 g/mol. The van der Waals surface area contributed by atoms with Crippen molar-refractivity contribution in [2.75, 3.05) is 13.6 Å². The molecule has 0 radical (unpaired) electrons. The highest BCUT2D eigenvalue weighted by molar-refractivity contribution is 5.94. The van der Waals surface area contributed by atoms with Gasteiger partial charge < -0.3 is 16.0 Å². The molecule has 0 atom stereocenters. The lowest BCUT2D eigenvalue weighted by Crippen LogP contribution is -2.36. The Balaban J connectivity index is 1.94. The van der Waals surface area contributed by atoms with E-state index in [-0.39, 0.29) is 18.0 Å². The van der Waals surface area contributed by atoms with Gasteiger partial charge in [0.25, 0.3) is 5.91 Å². The number of rotatable bonds is 6. The zero-order valence-corrected chi connectivity index (χ0v) is 14.8. The number of guanidine groups is 1. The third kappa shape index (κ3) is 5.54. The summed E-state index contributed by atoms with van der Waals surface area (Å²) in [6, 6.07) is 10.5. The summed E-state index contributed by atoms with van der Waals surface area (Å²) in [5, 5.41) is 8.77. The number of hydrogen-bond donors (Lipinski definition) is 3.